The normalized spacial score (nSPS) is 16.5. The quantitative estimate of drug-likeness (QED) is 0.769. The minimum absolute atomic E-state index is 0.0698. The van der Waals surface area contributed by atoms with Crippen LogP contribution in [0.2, 0.25) is 0 Å². The van der Waals surface area contributed by atoms with Crippen LogP contribution >= 0.6 is 0 Å². The van der Waals surface area contributed by atoms with Gasteiger partial charge >= 0.3 is 0 Å². The molecular weight excluding hydrogens is 304 g/mol. The van der Waals surface area contributed by atoms with Crippen molar-refractivity contribution >= 4 is 17.6 Å². The summed E-state index contributed by atoms with van der Waals surface area (Å²) in [6, 6.07) is 3.94. The van der Waals surface area contributed by atoms with Crippen LogP contribution in [-0.2, 0) is 12.0 Å². The number of hydrogen-bond acceptors (Lipinski definition) is 7. The van der Waals surface area contributed by atoms with E-state index in [0.29, 0.717) is 5.82 Å². The number of H-pyrrole nitrogens is 1. The van der Waals surface area contributed by atoms with Gasteiger partial charge in [-0.15, -0.1) is 0 Å². The first-order valence-electron chi connectivity index (χ1n) is 8.23. The van der Waals surface area contributed by atoms with E-state index in [1.165, 1.54) is 0 Å². The summed E-state index contributed by atoms with van der Waals surface area (Å²) in [4.78, 5) is 12.8. The fraction of sp³-hybridized carbons (Fsp3) is 0.562. The number of anilines is 3. The second-order valence-corrected chi connectivity index (χ2v) is 7.30. The maximum absolute atomic E-state index is 5.75. The molecular formula is C16H26N8. The highest BCUT2D eigenvalue weighted by Crippen LogP contribution is 2.21. The molecule has 3 rings (SSSR count). The zero-order valence-electron chi connectivity index (χ0n) is 14.6. The second-order valence-electron chi connectivity index (χ2n) is 7.30. The van der Waals surface area contributed by atoms with Crippen molar-refractivity contribution in [1.82, 2.24) is 25.1 Å². The fourth-order valence-corrected chi connectivity index (χ4v) is 2.84. The Morgan fingerprint density at radius 3 is 2.38 bits per heavy atom. The van der Waals surface area contributed by atoms with Crippen molar-refractivity contribution in [3.63, 3.8) is 0 Å². The number of nitrogens with one attached hydrogen (secondary N) is 1. The Kier molecular flexibility index (Phi) is 4.31. The molecule has 130 valence electrons. The van der Waals surface area contributed by atoms with Gasteiger partial charge in [-0.25, -0.2) is 0 Å². The summed E-state index contributed by atoms with van der Waals surface area (Å²) in [5, 5.41) is 7.59. The Bertz CT molecular complexity index is 674. The third-order valence-electron chi connectivity index (χ3n) is 4.24. The predicted octanol–water partition coefficient (Wildman–Crippen LogP) is 0.984. The van der Waals surface area contributed by atoms with Crippen molar-refractivity contribution in [1.29, 1.82) is 0 Å². The number of aromatic nitrogens is 4. The molecule has 3 heterocycles. The minimum Gasteiger partial charge on any atom is -0.383 e. The van der Waals surface area contributed by atoms with Crippen molar-refractivity contribution in [3.8, 4) is 0 Å². The van der Waals surface area contributed by atoms with E-state index < -0.39 is 0 Å². The highest BCUT2D eigenvalue weighted by molar-refractivity contribution is 5.50. The highest BCUT2D eigenvalue weighted by atomic mass is 15.3. The molecule has 5 N–H and O–H groups in total. The first kappa shape index (κ1) is 16.5. The van der Waals surface area contributed by atoms with Crippen LogP contribution in [0.4, 0.5) is 17.6 Å². The zero-order chi connectivity index (χ0) is 17.3. The largest absolute Gasteiger partial charge is 0.383 e. The summed E-state index contributed by atoms with van der Waals surface area (Å²) >= 11 is 0. The molecule has 0 saturated carbocycles. The van der Waals surface area contributed by atoms with Crippen LogP contribution < -0.4 is 16.4 Å². The van der Waals surface area contributed by atoms with Gasteiger partial charge in [-0.3, -0.25) is 10.00 Å². The van der Waals surface area contributed by atoms with E-state index in [2.05, 4.69) is 56.8 Å². The van der Waals surface area contributed by atoms with Gasteiger partial charge in [0.1, 0.15) is 11.6 Å². The third kappa shape index (κ3) is 3.76. The van der Waals surface area contributed by atoms with E-state index in [4.69, 9.17) is 11.5 Å². The summed E-state index contributed by atoms with van der Waals surface area (Å²) in [5.41, 5.74) is 13.8. The molecule has 1 saturated heterocycles. The van der Waals surface area contributed by atoms with E-state index in [1.807, 2.05) is 0 Å². The van der Waals surface area contributed by atoms with E-state index in [9.17, 15) is 0 Å². The summed E-state index contributed by atoms with van der Waals surface area (Å²) < 4.78 is 0. The van der Waals surface area contributed by atoms with Crippen molar-refractivity contribution in [2.75, 3.05) is 42.5 Å². The number of nitrogen functional groups attached to an aromatic ring is 2. The van der Waals surface area contributed by atoms with Crippen LogP contribution in [0.25, 0.3) is 0 Å². The van der Waals surface area contributed by atoms with Gasteiger partial charge in [-0.2, -0.15) is 15.1 Å². The molecule has 0 unspecified atom stereocenters. The highest BCUT2D eigenvalue weighted by Gasteiger charge is 2.21. The molecule has 24 heavy (non-hydrogen) atoms. The monoisotopic (exact) mass is 330 g/mol. The molecule has 8 heteroatoms. The third-order valence-corrected chi connectivity index (χ3v) is 4.24. The number of piperazine rings is 1. The SMILES string of the molecule is CC(C)(C)c1cc(CN2CCN(c3cc(N)nc(N)n3)CC2)[nH]n1. The lowest BCUT2D eigenvalue weighted by Crippen LogP contribution is -2.46. The number of hydrogen-bond donors (Lipinski definition) is 3. The molecule has 0 amide bonds. The Hall–Kier alpha value is -2.35. The molecule has 2 aromatic heterocycles. The Labute approximate surface area is 142 Å². The Balaban J connectivity index is 1.58. The van der Waals surface area contributed by atoms with E-state index >= 15 is 0 Å². The summed E-state index contributed by atoms with van der Waals surface area (Å²) in [7, 11) is 0. The van der Waals surface area contributed by atoms with Gasteiger partial charge in [0.15, 0.2) is 0 Å². The first-order chi connectivity index (χ1) is 11.3. The summed E-state index contributed by atoms with van der Waals surface area (Å²) in [5.74, 6) is 1.43. The van der Waals surface area contributed by atoms with Gasteiger partial charge in [0.05, 0.1) is 5.69 Å². The molecule has 0 radical (unpaired) electrons. The number of nitrogens with zero attached hydrogens (tertiary/aromatic N) is 5. The van der Waals surface area contributed by atoms with Crippen molar-refractivity contribution in [2.24, 2.45) is 0 Å². The summed E-state index contributed by atoms with van der Waals surface area (Å²) in [6.07, 6.45) is 0. The minimum atomic E-state index is 0.0698. The number of aromatic amines is 1. The molecule has 0 aromatic carbocycles. The van der Waals surface area contributed by atoms with Gasteiger partial charge in [0.25, 0.3) is 0 Å². The average Bonchev–Trinajstić information content (AvgIpc) is 2.96. The van der Waals surface area contributed by atoms with Crippen molar-refractivity contribution in [3.05, 3.63) is 23.5 Å². The van der Waals surface area contributed by atoms with Crippen molar-refractivity contribution < 1.29 is 0 Å². The molecule has 0 atom stereocenters. The van der Waals surface area contributed by atoms with Crippen LogP contribution in [0.15, 0.2) is 12.1 Å². The molecule has 1 fully saturated rings. The average molecular weight is 330 g/mol. The molecule has 1 aliphatic heterocycles. The lowest BCUT2D eigenvalue weighted by molar-refractivity contribution is 0.246. The number of rotatable bonds is 3. The smallest absolute Gasteiger partial charge is 0.223 e. The Morgan fingerprint density at radius 2 is 1.79 bits per heavy atom. The van der Waals surface area contributed by atoms with Gasteiger partial charge in [-0.1, -0.05) is 20.8 Å². The predicted molar refractivity (Wildman–Crippen MR) is 95.6 cm³/mol. The lowest BCUT2D eigenvalue weighted by Gasteiger charge is -2.35. The molecule has 0 aliphatic carbocycles. The van der Waals surface area contributed by atoms with Crippen LogP contribution in [-0.4, -0.2) is 51.2 Å². The fourth-order valence-electron chi connectivity index (χ4n) is 2.84. The van der Waals surface area contributed by atoms with Crippen LogP contribution in [0.1, 0.15) is 32.2 Å². The second kappa shape index (κ2) is 6.27. The molecule has 1 aliphatic rings. The molecule has 2 aromatic rings. The van der Waals surface area contributed by atoms with Crippen LogP contribution in [0, 0.1) is 0 Å². The van der Waals surface area contributed by atoms with Crippen LogP contribution in [0.5, 0.6) is 0 Å². The lowest BCUT2D eigenvalue weighted by atomic mass is 9.92. The topological polar surface area (TPSA) is 113 Å². The van der Waals surface area contributed by atoms with Crippen molar-refractivity contribution in [2.45, 2.75) is 32.7 Å². The molecule has 0 bridgehead atoms. The van der Waals surface area contributed by atoms with Gasteiger partial charge < -0.3 is 16.4 Å². The maximum atomic E-state index is 5.75. The maximum Gasteiger partial charge on any atom is 0.223 e. The molecule has 8 nitrogen and oxygen atoms in total. The van der Waals surface area contributed by atoms with Gasteiger partial charge in [0, 0.05) is 49.9 Å². The van der Waals surface area contributed by atoms with E-state index in [-0.39, 0.29) is 11.4 Å². The van der Waals surface area contributed by atoms with Crippen LogP contribution in [0.3, 0.4) is 0 Å². The first-order valence-corrected chi connectivity index (χ1v) is 8.23. The summed E-state index contributed by atoms with van der Waals surface area (Å²) in [6.45, 7) is 11.1. The number of nitrogens with two attached hydrogens (primary N) is 2. The standard InChI is InChI=1S/C16H26N8/c1-16(2,3)12-8-11(21-22-12)10-23-4-6-24(7-5-23)14-9-13(17)19-15(18)20-14/h8-9H,4-7,10H2,1-3H3,(H,21,22)(H4,17,18,19,20). The molecule has 0 spiro atoms. The van der Waals surface area contributed by atoms with Gasteiger partial charge in [0.2, 0.25) is 5.95 Å². The van der Waals surface area contributed by atoms with Gasteiger partial charge in [-0.05, 0) is 6.07 Å². The zero-order valence-corrected chi connectivity index (χ0v) is 14.6. The van der Waals surface area contributed by atoms with E-state index in [1.54, 1.807) is 6.07 Å². The van der Waals surface area contributed by atoms with E-state index in [0.717, 1.165) is 49.9 Å². The Morgan fingerprint density at radius 1 is 1.08 bits per heavy atom.